The molecule has 1 amide bonds. The van der Waals surface area contributed by atoms with Gasteiger partial charge < -0.3 is 4.74 Å². The SMILES string of the molecule is CCCOC(=O)CCN1C(=O)/C(=C/c2cccc3ccccc23)SC1=S. The molecule has 0 bridgehead atoms. The smallest absolute Gasteiger partial charge is 0.307 e. The highest BCUT2D eigenvalue weighted by molar-refractivity contribution is 8.26. The third-order valence-electron chi connectivity index (χ3n) is 3.99. The van der Waals surface area contributed by atoms with Gasteiger partial charge in [-0.3, -0.25) is 14.5 Å². The molecular formula is C20H19NO3S2. The fraction of sp³-hybridized carbons (Fsp3) is 0.250. The lowest BCUT2D eigenvalue weighted by atomic mass is 10.0. The van der Waals surface area contributed by atoms with Crippen molar-refractivity contribution in [1.29, 1.82) is 0 Å². The number of rotatable bonds is 6. The molecule has 0 spiro atoms. The molecule has 1 heterocycles. The fourth-order valence-corrected chi connectivity index (χ4v) is 4.00. The number of esters is 1. The molecule has 1 fully saturated rings. The molecule has 1 saturated heterocycles. The Bertz CT molecular complexity index is 886. The predicted molar refractivity (Wildman–Crippen MR) is 110 cm³/mol. The Labute approximate surface area is 162 Å². The highest BCUT2D eigenvalue weighted by atomic mass is 32.2. The molecule has 0 unspecified atom stereocenters. The van der Waals surface area contributed by atoms with Crippen LogP contribution in [-0.2, 0) is 14.3 Å². The fourth-order valence-electron chi connectivity index (χ4n) is 2.70. The Morgan fingerprint density at radius 1 is 1.23 bits per heavy atom. The summed E-state index contributed by atoms with van der Waals surface area (Å²) in [7, 11) is 0. The number of thiocarbonyl (C=S) groups is 1. The van der Waals surface area contributed by atoms with Crippen LogP contribution in [-0.4, -0.2) is 34.2 Å². The second kappa shape index (κ2) is 8.47. The lowest BCUT2D eigenvalue weighted by Crippen LogP contribution is -2.30. The summed E-state index contributed by atoms with van der Waals surface area (Å²) in [6.45, 7) is 2.59. The lowest BCUT2D eigenvalue weighted by Gasteiger charge is -2.13. The van der Waals surface area contributed by atoms with Crippen LogP contribution in [0.15, 0.2) is 47.4 Å². The van der Waals surface area contributed by atoms with Gasteiger partial charge in [-0.15, -0.1) is 0 Å². The number of hydrogen-bond donors (Lipinski definition) is 0. The highest BCUT2D eigenvalue weighted by Crippen LogP contribution is 2.33. The van der Waals surface area contributed by atoms with Crippen LogP contribution in [0.1, 0.15) is 25.3 Å². The molecule has 1 aliphatic heterocycles. The zero-order valence-electron chi connectivity index (χ0n) is 14.4. The first kappa shape index (κ1) is 18.6. The largest absolute Gasteiger partial charge is 0.466 e. The maximum Gasteiger partial charge on any atom is 0.307 e. The second-order valence-corrected chi connectivity index (χ2v) is 7.55. The lowest BCUT2D eigenvalue weighted by molar-refractivity contribution is -0.143. The van der Waals surface area contributed by atoms with Gasteiger partial charge in [0.15, 0.2) is 0 Å². The minimum Gasteiger partial charge on any atom is -0.466 e. The number of fused-ring (bicyclic) bond motifs is 1. The summed E-state index contributed by atoms with van der Waals surface area (Å²) in [4.78, 5) is 26.4. The van der Waals surface area contributed by atoms with Gasteiger partial charge in [-0.25, -0.2) is 0 Å². The van der Waals surface area contributed by atoms with E-state index >= 15 is 0 Å². The molecule has 0 saturated carbocycles. The van der Waals surface area contributed by atoms with Crippen molar-refractivity contribution in [3.63, 3.8) is 0 Å². The van der Waals surface area contributed by atoms with E-state index in [1.807, 2.05) is 55.5 Å². The number of nitrogens with zero attached hydrogens (tertiary/aromatic N) is 1. The van der Waals surface area contributed by atoms with Crippen LogP contribution >= 0.6 is 24.0 Å². The van der Waals surface area contributed by atoms with Gasteiger partial charge in [0.25, 0.3) is 5.91 Å². The minimum absolute atomic E-state index is 0.147. The van der Waals surface area contributed by atoms with Gasteiger partial charge in [-0.2, -0.15) is 0 Å². The van der Waals surface area contributed by atoms with Crippen LogP contribution in [0.25, 0.3) is 16.8 Å². The van der Waals surface area contributed by atoms with Crippen LogP contribution in [0.3, 0.4) is 0 Å². The van der Waals surface area contributed by atoms with Gasteiger partial charge in [0, 0.05) is 6.54 Å². The van der Waals surface area contributed by atoms with Crippen molar-refractivity contribution in [1.82, 2.24) is 4.90 Å². The van der Waals surface area contributed by atoms with Crippen LogP contribution in [0.5, 0.6) is 0 Å². The maximum absolute atomic E-state index is 12.7. The maximum atomic E-state index is 12.7. The third-order valence-corrected chi connectivity index (χ3v) is 5.37. The van der Waals surface area contributed by atoms with Gasteiger partial charge in [0.1, 0.15) is 4.32 Å². The summed E-state index contributed by atoms with van der Waals surface area (Å²) in [6.07, 6.45) is 2.80. The Morgan fingerprint density at radius 2 is 2.00 bits per heavy atom. The van der Waals surface area contributed by atoms with Crippen molar-refractivity contribution >= 4 is 57.0 Å². The van der Waals surface area contributed by atoms with E-state index < -0.39 is 0 Å². The quantitative estimate of drug-likeness (QED) is 0.419. The Balaban J connectivity index is 1.76. The molecule has 6 heteroatoms. The number of benzene rings is 2. The van der Waals surface area contributed by atoms with E-state index in [0.717, 1.165) is 22.8 Å². The highest BCUT2D eigenvalue weighted by Gasteiger charge is 2.32. The van der Waals surface area contributed by atoms with E-state index in [1.165, 1.54) is 16.7 Å². The normalized spacial score (nSPS) is 15.9. The molecule has 134 valence electrons. The molecular weight excluding hydrogens is 366 g/mol. The van der Waals surface area contributed by atoms with Crippen molar-refractivity contribution in [2.45, 2.75) is 19.8 Å². The molecule has 3 rings (SSSR count). The Hall–Kier alpha value is -2.18. The molecule has 4 nitrogen and oxygen atoms in total. The van der Waals surface area contributed by atoms with Crippen molar-refractivity contribution in [2.24, 2.45) is 0 Å². The molecule has 0 aliphatic carbocycles. The molecule has 2 aromatic rings. The molecule has 0 aromatic heterocycles. The van der Waals surface area contributed by atoms with E-state index in [0.29, 0.717) is 15.8 Å². The molecule has 1 aliphatic rings. The van der Waals surface area contributed by atoms with Crippen LogP contribution in [0.4, 0.5) is 0 Å². The molecule has 26 heavy (non-hydrogen) atoms. The Morgan fingerprint density at radius 3 is 2.81 bits per heavy atom. The predicted octanol–water partition coefficient (Wildman–Crippen LogP) is 4.38. The van der Waals surface area contributed by atoms with Crippen molar-refractivity contribution in [2.75, 3.05) is 13.2 Å². The number of carbonyl (C=O) groups is 2. The van der Waals surface area contributed by atoms with Gasteiger partial charge in [0.05, 0.1) is 17.9 Å². The molecule has 0 N–H and O–H groups in total. The molecule has 0 radical (unpaired) electrons. The standard InChI is InChI=1S/C20H19NO3S2/c1-2-12-24-18(22)10-11-21-19(23)17(26-20(21)25)13-15-8-5-7-14-6-3-4-9-16(14)15/h3-9,13H,2,10-12H2,1H3/b17-13-. The summed E-state index contributed by atoms with van der Waals surface area (Å²) in [5, 5.41) is 2.21. The summed E-state index contributed by atoms with van der Waals surface area (Å²) >= 11 is 6.59. The van der Waals surface area contributed by atoms with Gasteiger partial charge >= 0.3 is 5.97 Å². The number of carbonyl (C=O) groups excluding carboxylic acids is 2. The van der Waals surface area contributed by atoms with Gasteiger partial charge in [-0.1, -0.05) is 73.4 Å². The zero-order chi connectivity index (χ0) is 18.5. The van der Waals surface area contributed by atoms with Gasteiger partial charge in [-0.05, 0) is 28.8 Å². The number of ether oxygens (including phenoxy) is 1. The molecule has 0 atom stereocenters. The number of hydrogen-bond acceptors (Lipinski definition) is 5. The number of amides is 1. The van der Waals surface area contributed by atoms with Crippen LogP contribution in [0, 0.1) is 0 Å². The second-order valence-electron chi connectivity index (χ2n) is 5.87. The van der Waals surface area contributed by atoms with E-state index in [4.69, 9.17) is 17.0 Å². The first-order chi connectivity index (χ1) is 12.6. The van der Waals surface area contributed by atoms with Crippen LogP contribution in [0.2, 0.25) is 0 Å². The summed E-state index contributed by atoms with van der Waals surface area (Å²) in [5.74, 6) is -0.463. The summed E-state index contributed by atoms with van der Waals surface area (Å²) in [5.41, 5.74) is 0.978. The van der Waals surface area contributed by atoms with Gasteiger partial charge in [0.2, 0.25) is 0 Å². The number of thioether (sulfide) groups is 1. The van der Waals surface area contributed by atoms with E-state index in [2.05, 4.69) is 0 Å². The average Bonchev–Trinajstić information content (AvgIpc) is 2.91. The van der Waals surface area contributed by atoms with Crippen LogP contribution < -0.4 is 0 Å². The van der Waals surface area contributed by atoms with Crippen molar-refractivity contribution in [3.05, 3.63) is 52.9 Å². The first-order valence-corrected chi connectivity index (χ1v) is 9.71. The summed E-state index contributed by atoms with van der Waals surface area (Å²) in [6, 6.07) is 14.0. The zero-order valence-corrected chi connectivity index (χ0v) is 16.1. The van der Waals surface area contributed by atoms with E-state index in [-0.39, 0.29) is 24.8 Å². The van der Waals surface area contributed by atoms with E-state index in [9.17, 15) is 9.59 Å². The molecule has 2 aromatic carbocycles. The third kappa shape index (κ3) is 4.14. The first-order valence-electron chi connectivity index (χ1n) is 8.49. The van der Waals surface area contributed by atoms with E-state index in [1.54, 1.807) is 0 Å². The van der Waals surface area contributed by atoms with Crippen molar-refractivity contribution in [3.8, 4) is 0 Å². The monoisotopic (exact) mass is 385 g/mol. The topological polar surface area (TPSA) is 46.6 Å². The van der Waals surface area contributed by atoms with Crippen molar-refractivity contribution < 1.29 is 14.3 Å². The Kier molecular flexibility index (Phi) is 6.06. The summed E-state index contributed by atoms with van der Waals surface area (Å²) < 4.78 is 5.53. The minimum atomic E-state index is -0.307. The average molecular weight is 386 g/mol.